The van der Waals surface area contributed by atoms with Crippen LogP contribution in [0.25, 0.3) is 4.98 Å². The second-order valence-corrected chi connectivity index (χ2v) is 7.22. The highest BCUT2D eigenvalue weighted by Gasteiger charge is 2.37. The minimum Gasteiger partial charge on any atom is -0.504 e. The topological polar surface area (TPSA) is 82.5 Å². The maximum atomic E-state index is 12.3. The number of benzene rings is 1. The first-order valence-corrected chi connectivity index (χ1v) is 8.61. The SMILES string of the molecule is N#[N+]/C(=C(/O)CCC1CCCC1)S(=O)(=O)c1ccccc1. The zero-order valence-electron chi connectivity index (χ0n) is 11.8. The summed E-state index contributed by atoms with van der Waals surface area (Å²) in [6.45, 7) is 0. The Morgan fingerprint density at radius 2 is 1.86 bits per heavy atom. The molecule has 0 amide bonds. The Kier molecular flexibility index (Phi) is 4.97. The summed E-state index contributed by atoms with van der Waals surface area (Å²) in [6.07, 6.45) is 5.54. The zero-order valence-corrected chi connectivity index (χ0v) is 12.6. The molecule has 1 fully saturated rings. The van der Waals surface area contributed by atoms with E-state index in [1.54, 1.807) is 18.2 Å². The van der Waals surface area contributed by atoms with Crippen LogP contribution in [0.1, 0.15) is 38.5 Å². The minimum absolute atomic E-state index is 0.00483. The van der Waals surface area contributed by atoms with E-state index in [-0.39, 0.29) is 17.1 Å². The maximum Gasteiger partial charge on any atom is 0.515 e. The third kappa shape index (κ3) is 3.61. The highest BCUT2D eigenvalue weighted by Crippen LogP contribution is 2.31. The molecule has 0 bridgehead atoms. The quantitative estimate of drug-likeness (QED) is 0.658. The third-order valence-electron chi connectivity index (χ3n) is 3.91. The van der Waals surface area contributed by atoms with E-state index in [0.29, 0.717) is 5.92 Å². The van der Waals surface area contributed by atoms with E-state index in [1.165, 1.54) is 25.0 Å². The standard InChI is InChI=1S/C15H18N2O3S/c16-17-15(14(18)11-10-12-6-4-5-7-12)21(19,20)13-8-2-1-3-9-13/h1-3,8-9,12H,4-7,10-11H2/p+1/b15-14-. The Morgan fingerprint density at radius 1 is 1.24 bits per heavy atom. The van der Waals surface area contributed by atoms with Crippen molar-refractivity contribution in [3.05, 3.63) is 46.1 Å². The molecule has 0 saturated heterocycles. The van der Waals surface area contributed by atoms with Crippen molar-refractivity contribution in [3.63, 3.8) is 0 Å². The van der Waals surface area contributed by atoms with Crippen molar-refractivity contribution in [1.82, 2.24) is 0 Å². The van der Waals surface area contributed by atoms with Gasteiger partial charge in [-0.2, -0.15) is 0 Å². The Labute approximate surface area is 124 Å². The van der Waals surface area contributed by atoms with E-state index in [2.05, 4.69) is 4.98 Å². The number of sulfone groups is 1. The first kappa shape index (κ1) is 15.5. The number of rotatable bonds is 5. The van der Waals surface area contributed by atoms with E-state index < -0.39 is 14.9 Å². The molecular weight excluding hydrogens is 288 g/mol. The third-order valence-corrected chi connectivity index (χ3v) is 5.63. The summed E-state index contributed by atoms with van der Waals surface area (Å²) in [6, 6.07) is 7.67. The van der Waals surface area contributed by atoms with Crippen LogP contribution in [0, 0.1) is 11.3 Å². The van der Waals surface area contributed by atoms with Crippen molar-refractivity contribution in [3.8, 4) is 0 Å². The lowest BCUT2D eigenvalue weighted by Crippen LogP contribution is -2.06. The normalized spacial score (nSPS) is 17.3. The van der Waals surface area contributed by atoms with Crippen LogP contribution in [0.2, 0.25) is 0 Å². The van der Waals surface area contributed by atoms with Crippen LogP contribution in [0.5, 0.6) is 0 Å². The Balaban J connectivity index is 2.21. The van der Waals surface area contributed by atoms with Crippen LogP contribution in [0.15, 0.2) is 46.0 Å². The lowest BCUT2D eigenvalue weighted by molar-refractivity contribution is 0.361. The molecule has 1 saturated carbocycles. The monoisotopic (exact) mass is 307 g/mol. The average Bonchev–Trinajstić information content (AvgIpc) is 3.00. The molecule has 1 N–H and O–H groups in total. The van der Waals surface area contributed by atoms with Crippen molar-refractivity contribution in [1.29, 1.82) is 5.39 Å². The molecule has 0 unspecified atom stereocenters. The van der Waals surface area contributed by atoms with E-state index >= 15 is 0 Å². The van der Waals surface area contributed by atoms with Gasteiger partial charge in [-0.3, -0.25) is 0 Å². The number of aliphatic hydroxyl groups excluding tert-OH is 1. The summed E-state index contributed by atoms with van der Waals surface area (Å²) in [5.41, 5.74) is 0. The number of nitrogens with zero attached hydrogens (tertiary/aromatic N) is 2. The van der Waals surface area contributed by atoms with Crippen LogP contribution in [0.3, 0.4) is 0 Å². The molecule has 1 aliphatic carbocycles. The second kappa shape index (κ2) is 6.72. The molecule has 0 radical (unpaired) electrons. The molecule has 0 atom stereocenters. The molecule has 1 aromatic rings. The van der Waals surface area contributed by atoms with E-state index in [0.717, 1.165) is 19.3 Å². The van der Waals surface area contributed by atoms with Crippen molar-refractivity contribution in [2.75, 3.05) is 0 Å². The molecule has 0 aliphatic heterocycles. The summed E-state index contributed by atoms with van der Waals surface area (Å²) < 4.78 is 24.7. The fraction of sp³-hybridized carbons (Fsp3) is 0.467. The molecule has 112 valence electrons. The van der Waals surface area contributed by atoms with Crippen molar-refractivity contribution in [2.45, 2.75) is 43.4 Å². The van der Waals surface area contributed by atoms with Crippen LogP contribution in [0.4, 0.5) is 0 Å². The molecule has 1 aromatic carbocycles. The summed E-state index contributed by atoms with van der Waals surface area (Å²) in [4.78, 5) is 2.83. The summed E-state index contributed by atoms with van der Waals surface area (Å²) in [5, 5.41) is 18.4. The highest BCUT2D eigenvalue weighted by atomic mass is 32.2. The van der Waals surface area contributed by atoms with Gasteiger partial charge in [0.25, 0.3) is 9.84 Å². The van der Waals surface area contributed by atoms with Gasteiger partial charge in [-0.05, 0) is 24.5 Å². The summed E-state index contributed by atoms with van der Waals surface area (Å²) >= 11 is 0. The average molecular weight is 307 g/mol. The molecule has 1 aliphatic rings. The summed E-state index contributed by atoms with van der Waals surface area (Å²) in [5.74, 6) is 0.153. The molecule has 5 nitrogen and oxygen atoms in total. The van der Waals surface area contributed by atoms with Gasteiger partial charge in [0.2, 0.25) is 11.2 Å². The highest BCUT2D eigenvalue weighted by molar-refractivity contribution is 7.95. The van der Waals surface area contributed by atoms with Crippen molar-refractivity contribution < 1.29 is 13.5 Å². The fourth-order valence-corrected chi connectivity index (χ4v) is 3.98. The molecule has 0 heterocycles. The molecular formula is C15H19N2O3S+. The Hall–Kier alpha value is -1.87. The van der Waals surface area contributed by atoms with Gasteiger partial charge in [0.05, 0.1) is 4.90 Å². The lowest BCUT2D eigenvalue weighted by Gasteiger charge is -2.06. The first-order valence-electron chi connectivity index (χ1n) is 7.13. The number of hydrogen-bond acceptors (Lipinski definition) is 4. The second-order valence-electron chi connectivity index (χ2n) is 5.36. The van der Waals surface area contributed by atoms with Gasteiger partial charge in [0.1, 0.15) is 0 Å². The van der Waals surface area contributed by atoms with Crippen LogP contribution in [-0.2, 0) is 9.84 Å². The number of diazo groups is 1. The minimum atomic E-state index is -3.98. The predicted molar refractivity (Wildman–Crippen MR) is 79.6 cm³/mol. The lowest BCUT2D eigenvalue weighted by atomic mass is 10.0. The van der Waals surface area contributed by atoms with E-state index in [4.69, 9.17) is 5.39 Å². The van der Waals surface area contributed by atoms with Gasteiger partial charge in [-0.1, -0.05) is 43.9 Å². The van der Waals surface area contributed by atoms with Gasteiger partial charge >= 0.3 is 5.03 Å². The zero-order chi connectivity index (χ0) is 15.3. The smallest absolute Gasteiger partial charge is 0.504 e. The molecule has 21 heavy (non-hydrogen) atoms. The number of aliphatic hydroxyl groups is 1. The van der Waals surface area contributed by atoms with Gasteiger partial charge in [0, 0.05) is 6.42 Å². The van der Waals surface area contributed by atoms with Crippen LogP contribution < -0.4 is 0 Å². The molecule has 6 heteroatoms. The van der Waals surface area contributed by atoms with Crippen molar-refractivity contribution >= 4 is 9.84 Å². The summed E-state index contributed by atoms with van der Waals surface area (Å²) in [7, 11) is -3.98. The molecule has 0 spiro atoms. The molecule has 2 rings (SSSR count). The molecule has 0 aromatic heterocycles. The van der Waals surface area contributed by atoms with Crippen LogP contribution >= 0.6 is 0 Å². The van der Waals surface area contributed by atoms with Crippen molar-refractivity contribution in [2.24, 2.45) is 5.92 Å². The van der Waals surface area contributed by atoms with Gasteiger partial charge in [-0.15, -0.1) is 0 Å². The van der Waals surface area contributed by atoms with Gasteiger partial charge in [0.15, 0.2) is 4.98 Å². The fourth-order valence-electron chi connectivity index (χ4n) is 2.72. The Bertz CT molecular complexity index is 654. The Morgan fingerprint density at radius 3 is 2.43 bits per heavy atom. The number of allylic oxidation sites excluding steroid dienone is 1. The largest absolute Gasteiger partial charge is 0.515 e. The van der Waals surface area contributed by atoms with E-state index in [9.17, 15) is 13.5 Å². The first-order chi connectivity index (χ1) is 10.1. The number of hydrogen-bond donors (Lipinski definition) is 1. The van der Waals surface area contributed by atoms with Gasteiger partial charge in [-0.25, -0.2) is 8.42 Å². The van der Waals surface area contributed by atoms with Gasteiger partial charge < -0.3 is 5.11 Å². The predicted octanol–water partition coefficient (Wildman–Crippen LogP) is 4.01. The van der Waals surface area contributed by atoms with Crippen LogP contribution in [-0.4, -0.2) is 13.5 Å². The maximum absolute atomic E-state index is 12.3. The van der Waals surface area contributed by atoms with E-state index in [1.807, 2.05) is 0 Å².